The maximum atomic E-state index is 2.23. The molecule has 0 aliphatic rings. The van der Waals surface area contributed by atoms with Crippen LogP contribution in [0.3, 0.4) is 0 Å². The number of aryl methyl sites for hydroxylation is 1. The number of fused-ring (bicyclic) bond motifs is 2. The van der Waals surface area contributed by atoms with Crippen molar-refractivity contribution < 1.29 is 0 Å². The van der Waals surface area contributed by atoms with Crippen LogP contribution in [0.4, 0.5) is 0 Å². The van der Waals surface area contributed by atoms with Crippen LogP contribution < -0.4 is 0 Å². The van der Waals surface area contributed by atoms with E-state index in [0.29, 0.717) is 0 Å². The third-order valence-corrected chi connectivity index (χ3v) is 4.26. The Morgan fingerprint density at radius 2 is 0.905 bits per heavy atom. The Morgan fingerprint density at radius 1 is 0.476 bits per heavy atom. The SMILES string of the molecule is Cc1c2ccccc2c(-c2ccccc2)c2ccccc12. The third kappa shape index (κ3) is 1.84. The molecular weight excluding hydrogens is 252 g/mol. The minimum atomic E-state index is 1.28. The fourth-order valence-corrected chi connectivity index (χ4v) is 3.26. The van der Waals surface area contributed by atoms with Crippen LogP contribution in [0.5, 0.6) is 0 Å². The van der Waals surface area contributed by atoms with Crippen molar-refractivity contribution in [1.29, 1.82) is 0 Å². The van der Waals surface area contributed by atoms with E-state index in [1.54, 1.807) is 0 Å². The maximum Gasteiger partial charge on any atom is -0.00266 e. The quantitative estimate of drug-likeness (QED) is 0.373. The molecule has 0 bridgehead atoms. The van der Waals surface area contributed by atoms with E-state index < -0.39 is 0 Å². The fraction of sp³-hybridized carbons (Fsp3) is 0.0476. The molecule has 0 aliphatic carbocycles. The van der Waals surface area contributed by atoms with Crippen LogP contribution in [-0.4, -0.2) is 0 Å². The predicted molar refractivity (Wildman–Crippen MR) is 91.6 cm³/mol. The van der Waals surface area contributed by atoms with E-state index in [1.165, 1.54) is 38.2 Å². The highest BCUT2D eigenvalue weighted by molar-refractivity contribution is 6.14. The van der Waals surface area contributed by atoms with Crippen molar-refractivity contribution in [2.75, 3.05) is 0 Å². The minimum absolute atomic E-state index is 1.28. The van der Waals surface area contributed by atoms with Crippen LogP contribution >= 0.6 is 0 Å². The van der Waals surface area contributed by atoms with E-state index in [-0.39, 0.29) is 0 Å². The van der Waals surface area contributed by atoms with Gasteiger partial charge in [0.05, 0.1) is 0 Å². The van der Waals surface area contributed by atoms with Crippen molar-refractivity contribution in [1.82, 2.24) is 0 Å². The topological polar surface area (TPSA) is 0 Å². The normalized spacial score (nSPS) is 11.1. The third-order valence-electron chi connectivity index (χ3n) is 4.26. The Kier molecular flexibility index (Phi) is 2.75. The van der Waals surface area contributed by atoms with Gasteiger partial charge in [0.25, 0.3) is 0 Å². The van der Waals surface area contributed by atoms with Gasteiger partial charge in [0.2, 0.25) is 0 Å². The standard InChI is InChI=1S/C21H16/c1-15-17-11-5-7-13-19(17)21(16-9-3-2-4-10-16)20-14-8-6-12-18(15)20/h2-14H,1H3. The number of rotatable bonds is 1. The van der Waals surface area contributed by atoms with Crippen molar-refractivity contribution in [3.63, 3.8) is 0 Å². The summed E-state index contributed by atoms with van der Waals surface area (Å²) < 4.78 is 0. The first-order valence-electron chi connectivity index (χ1n) is 7.32. The van der Waals surface area contributed by atoms with Gasteiger partial charge >= 0.3 is 0 Å². The van der Waals surface area contributed by atoms with Crippen molar-refractivity contribution in [2.24, 2.45) is 0 Å². The molecule has 0 amide bonds. The lowest BCUT2D eigenvalue weighted by Gasteiger charge is -2.15. The zero-order valence-corrected chi connectivity index (χ0v) is 12.0. The summed E-state index contributed by atoms with van der Waals surface area (Å²) in [5.41, 5.74) is 3.98. The second-order valence-electron chi connectivity index (χ2n) is 5.46. The van der Waals surface area contributed by atoms with Crippen LogP contribution in [0.1, 0.15) is 5.56 Å². The van der Waals surface area contributed by atoms with Gasteiger partial charge in [-0.2, -0.15) is 0 Å². The fourth-order valence-electron chi connectivity index (χ4n) is 3.26. The molecule has 100 valence electrons. The van der Waals surface area contributed by atoms with Gasteiger partial charge in [-0.3, -0.25) is 0 Å². The summed E-state index contributed by atoms with van der Waals surface area (Å²) in [6.45, 7) is 2.22. The van der Waals surface area contributed by atoms with E-state index in [0.717, 1.165) is 0 Å². The molecule has 0 saturated heterocycles. The van der Waals surface area contributed by atoms with Crippen molar-refractivity contribution in [3.05, 3.63) is 84.4 Å². The van der Waals surface area contributed by atoms with Crippen LogP contribution in [0, 0.1) is 6.92 Å². The Balaban J connectivity index is 2.28. The average molecular weight is 268 g/mol. The van der Waals surface area contributed by atoms with Gasteiger partial charge in [0.1, 0.15) is 0 Å². The number of hydrogen-bond acceptors (Lipinski definition) is 0. The Labute approximate surface area is 124 Å². The summed E-state index contributed by atoms with van der Waals surface area (Å²) in [6, 6.07) is 28.1. The largest absolute Gasteiger partial charge is 0.0622 e. The van der Waals surface area contributed by atoms with Gasteiger partial charge in [-0.1, -0.05) is 78.9 Å². The van der Waals surface area contributed by atoms with Gasteiger partial charge in [-0.15, -0.1) is 0 Å². The van der Waals surface area contributed by atoms with Gasteiger partial charge in [-0.05, 0) is 45.2 Å². The zero-order chi connectivity index (χ0) is 14.2. The van der Waals surface area contributed by atoms with Crippen LogP contribution in [0.15, 0.2) is 78.9 Å². The van der Waals surface area contributed by atoms with Crippen molar-refractivity contribution in [2.45, 2.75) is 6.92 Å². The first-order chi connectivity index (χ1) is 10.4. The minimum Gasteiger partial charge on any atom is -0.0622 e. The molecule has 4 aromatic carbocycles. The van der Waals surface area contributed by atoms with E-state index >= 15 is 0 Å². The van der Waals surface area contributed by atoms with Gasteiger partial charge < -0.3 is 0 Å². The summed E-state index contributed by atoms with van der Waals surface area (Å²) in [4.78, 5) is 0. The highest BCUT2D eigenvalue weighted by Crippen LogP contribution is 2.38. The average Bonchev–Trinajstić information content (AvgIpc) is 2.56. The van der Waals surface area contributed by atoms with Crippen molar-refractivity contribution in [3.8, 4) is 11.1 Å². The van der Waals surface area contributed by atoms with Gasteiger partial charge in [0.15, 0.2) is 0 Å². The van der Waals surface area contributed by atoms with Gasteiger partial charge in [-0.25, -0.2) is 0 Å². The highest BCUT2D eigenvalue weighted by atomic mass is 14.1. The van der Waals surface area contributed by atoms with E-state index in [1.807, 2.05) is 0 Å². The molecule has 0 fully saturated rings. The number of benzene rings is 4. The summed E-state index contributed by atoms with van der Waals surface area (Å²) >= 11 is 0. The van der Waals surface area contributed by atoms with Gasteiger partial charge in [0, 0.05) is 0 Å². The summed E-state index contributed by atoms with van der Waals surface area (Å²) in [5.74, 6) is 0. The molecule has 0 N–H and O–H groups in total. The molecule has 0 atom stereocenters. The van der Waals surface area contributed by atoms with Crippen LogP contribution in [-0.2, 0) is 0 Å². The predicted octanol–water partition coefficient (Wildman–Crippen LogP) is 5.97. The monoisotopic (exact) mass is 268 g/mol. The Hall–Kier alpha value is -2.60. The summed E-state index contributed by atoms with van der Waals surface area (Å²) in [7, 11) is 0. The second kappa shape index (κ2) is 4.75. The molecule has 0 spiro atoms. The lowest BCUT2D eigenvalue weighted by molar-refractivity contribution is 1.57. The van der Waals surface area contributed by atoms with Crippen molar-refractivity contribution >= 4 is 21.5 Å². The molecule has 0 radical (unpaired) electrons. The maximum absolute atomic E-state index is 2.23. The molecule has 0 saturated carbocycles. The molecule has 4 rings (SSSR count). The zero-order valence-electron chi connectivity index (χ0n) is 12.0. The highest BCUT2D eigenvalue weighted by Gasteiger charge is 2.11. The molecule has 0 aliphatic heterocycles. The molecule has 0 unspecified atom stereocenters. The summed E-state index contributed by atoms with van der Waals surface area (Å²) in [5, 5.41) is 5.35. The lowest BCUT2D eigenvalue weighted by atomic mass is 9.89. The van der Waals surface area contributed by atoms with E-state index in [9.17, 15) is 0 Å². The molecule has 0 nitrogen and oxygen atoms in total. The smallest absolute Gasteiger partial charge is 0.00266 e. The van der Waals surface area contributed by atoms with E-state index in [2.05, 4.69) is 85.8 Å². The lowest BCUT2D eigenvalue weighted by Crippen LogP contribution is -1.88. The molecule has 21 heavy (non-hydrogen) atoms. The number of hydrogen-bond donors (Lipinski definition) is 0. The molecule has 0 aromatic heterocycles. The molecule has 4 aromatic rings. The first kappa shape index (κ1) is 12.2. The van der Waals surface area contributed by atoms with E-state index in [4.69, 9.17) is 0 Å². The first-order valence-corrected chi connectivity index (χ1v) is 7.32. The van der Waals surface area contributed by atoms with Crippen LogP contribution in [0.2, 0.25) is 0 Å². The molecular formula is C21H16. The Morgan fingerprint density at radius 3 is 1.43 bits per heavy atom. The second-order valence-corrected chi connectivity index (χ2v) is 5.46. The molecule has 0 heterocycles. The van der Waals surface area contributed by atoms with Crippen LogP contribution in [0.25, 0.3) is 32.7 Å². The summed E-state index contributed by atoms with van der Waals surface area (Å²) in [6.07, 6.45) is 0. The molecule has 0 heteroatoms. The Bertz CT molecular complexity index is 877.